The number of amides is 2. The first-order chi connectivity index (χ1) is 12.1. The van der Waals surface area contributed by atoms with Crippen molar-refractivity contribution in [3.63, 3.8) is 0 Å². The van der Waals surface area contributed by atoms with E-state index in [1.807, 2.05) is 35.2 Å². The van der Waals surface area contributed by atoms with Gasteiger partial charge in [-0.05, 0) is 43.0 Å². The van der Waals surface area contributed by atoms with Crippen LogP contribution in [0.3, 0.4) is 0 Å². The highest BCUT2D eigenvalue weighted by Crippen LogP contribution is 2.43. The van der Waals surface area contributed by atoms with Crippen molar-refractivity contribution in [1.82, 2.24) is 10.3 Å². The van der Waals surface area contributed by atoms with E-state index in [1.165, 1.54) is 5.56 Å². The van der Waals surface area contributed by atoms with E-state index >= 15 is 0 Å². The molecule has 1 aliphatic carbocycles. The largest absolute Gasteiger partial charge is 0.352 e. The molecular formula is C20H21N3O2. The lowest BCUT2D eigenvalue weighted by atomic mass is 10.1. The van der Waals surface area contributed by atoms with Crippen LogP contribution in [0.4, 0.5) is 5.69 Å². The number of hydrogen-bond acceptors (Lipinski definition) is 3. The van der Waals surface area contributed by atoms with Crippen molar-refractivity contribution >= 4 is 17.5 Å². The van der Waals surface area contributed by atoms with Crippen LogP contribution in [0.2, 0.25) is 0 Å². The number of carbonyl (C=O) groups is 2. The number of benzene rings is 1. The summed E-state index contributed by atoms with van der Waals surface area (Å²) in [6.07, 6.45) is 4.96. The normalized spacial score (nSPS) is 23.9. The topological polar surface area (TPSA) is 62.3 Å². The second kappa shape index (κ2) is 6.31. The van der Waals surface area contributed by atoms with E-state index in [1.54, 1.807) is 12.4 Å². The molecule has 0 spiro atoms. The highest BCUT2D eigenvalue weighted by atomic mass is 16.2. The van der Waals surface area contributed by atoms with Crippen molar-refractivity contribution in [3.05, 3.63) is 59.9 Å². The Labute approximate surface area is 147 Å². The molecule has 25 heavy (non-hydrogen) atoms. The minimum Gasteiger partial charge on any atom is -0.352 e. The van der Waals surface area contributed by atoms with Crippen LogP contribution in [0.5, 0.6) is 0 Å². The predicted octanol–water partition coefficient (Wildman–Crippen LogP) is 2.31. The van der Waals surface area contributed by atoms with E-state index < -0.39 is 0 Å². The lowest BCUT2D eigenvalue weighted by Crippen LogP contribution is -2.38. The van der Waals surface area contributed by atoms with Gasteiger partial charge in [-0.3, -0.25) is 14.6 Å². The fourth-order valence-electron chi connectivity index (χ4n) is 3.66. The first-order valence-corrected chi connectivity index (χ1v) is 8.72. The van der Waals surface area contributed by atoms with Crippen LogP contribution >= 0.6 is 0 Å². The van der Waals surface area contributed by atoms with Gasteiger partial charge >= 0.3 is 0 Å². The Bertz CT molecular complexity index is 806. The molecule has 2 heterocycles. The van der Waals surface area contributed by atoms with Gasteiger partial charge in [0.2, 0.25) is 11.8 Å². The van der Waals surface area contributed by atoms with Gasteiger partial charge < -0.3 is 10.2 Å². The van der Waals surface area contributed by atoms with Gasteiger partial charge in [-0.2, -0.15) is 0 Å². The van der Waals surface area contributed by atoms with E-state index in [0.717, 1.165) is 17.7 Å². The van der Waals surface area contributed by atoms with Crippen molar-refractivity contribution in [3.8, 4) is 0 Å². The van der Waals surface area contributed by atoms with Crippen LogP contribution in [0.25, 0.3) is 0 Å². The molecule has 4 rings (SSSR count). The Hall–Kier alpha value is -2.69. The molecule has 5 nitrogen and oxygen atoms in total. The van der Waals surface area contributed by atoms with Crippen LogP contribution in [0.15, 0.2) is 48.8 Å². The Morgan fingerprint density at radius 3 is 2.84 bits per heavy atom. The van der Waals surface area contributed by atoms with E-state index in [4.69, 9.17) is 0 Å². The van der Waals surface area contributed by atoms with Gasteiger partial charge in [0, 0.05) is 30.7 Å². The summed E-state index contributed by atoms with van der Waals surface area (Å²) in [5.74, 6) is -0.354. The molecule has 2 aliphatic rings. The van der Waals surface area contributed by atoms with Crippen molar-refractivity contribution in [2.45, 2.75) is 32.4 Å². The molecule has 0 radical (unpaired) electrons. The molecule has 0 bridgehead atoms. The maximum Gasteiger partial charge on any atom is 0.231 e. The molecule has 3 atom stereocenters. The van der Waals surface area contributed by atoms with E-state index in [0.29, 0.717) is 13.0 Å². The molecule has 1 aromatic carbocycles. The highest BCUT2D eigenvalue weighted by Gasteiger charge is 2.51. The number of carbonyl (C=O) groups excluding carboxylic acids is 2. The Balaban J connectivity index is 1.38. The van der Waals surface area contributed by atoms with Crippen molar-refractivity contribution in [1.29, 1.82) is 0 Å². The van der Waals surface area contributed by atoms with Gasteiger partial charge in [0.05, 0.1) is 11.8 Å². The van der Waals surface area contributed by atoms with Crippen LogP contribution in [-0.2, 0) is 22.6 Å². The Morgan fingerprint density at radius 2 is 2.04 bits per heavy atom. The molecule has 1 saturated carbocycles. The van der Waals surface area contributed by atoms with E-state index in [-0.39, 0.29) is 29.7 Å². The lowest BCUT2D eigenvalue weighted by Gasteiger charge is -2.23. The Kier molecular flexibility index (Phi) is 3.99. The SMILES string of the molecule is CC1Cc2ccccc2N1C(=O)C1CC1C(=O)NCc1cccnc1. The first-order valence-electron chi connectivity index (χ1n) is 8.72. The quantitative estimate of drug-likeness (QED) is 0.933. The second-order valence-electron chi connectivity index (χ2n) is 6.92. The number of nitrogens with one attached hydrogen (secondary N) is 1. The monoisotopic (exact) mass is 335 g/mol. The second-order valence-corrected chi connectivity index (χ2v) is 6.92. The number of fused-ring (bicyclic) bond motifs is 1. The molecule has 0 saturated heterocycles. The van der Waals surface area contributed by atoms with Gasteiger partial charge in [0.25, 0.3) is 0 Å². The summed E-state index contributed by atoms with van der Waals surface area (Å²) in [6, 6.07) is 12.0. The molecule has 2 amide bonds. The molecule has 1 aliphatic heterocycles. The number of aromatic nitrogens is 1. The minimum absolute atomic E-state index is 0.0395. The molecule has 128 valence electrons. The zero-order valence-electron chi connectivity index (χ0n) is 14.2. The fourth-order valence-corrected chi connectivity index (χ4v) is 3.66. The first kappa shape index (κ1) is 15.8. The minimum atomic E-state index is -0.205. The zero-order valence-corrected chi connectivity index (χ0v) is 14.2. The molecule has 1 aromatic heterocycles. The van der Waals surface area contributed by atoms with E-state index in [9.17, 15) is 9.59 Å². The third-order valence-corrected chi connectivity index (χ3v) is 5.08. The number of rotatable bonds is 4. The smallest absolute Gasteiger partial charge is 0.231 e. The van der Waals surface area contributed by atoms with Crippen LogP contribution < -0.4 is 10.2 Å². The van der Waals surface area contributed by atoms with Gasteiger partial charge in [-0.15, -0.1) is 0 Å². The maximum absolute atomic E-state index is 12.9. The molecule has 2 aromatic rings. The third kappa shape index (κ3) is 3.02. The summed E-state index contributed by atoms with van der Waals surface area (Å²) in [5, 5.41) is 2.92. The average Bonchev–Trinajstić information content (AvgIpc) is 3.36. The maximum atomic E-state index is 12.9. The molecule has 3 unspecified atom stereocenters. The number of hydrogen-bond donors (Lipinski definition) is 1. The number of para-hydroxylation sites is 1. The summed E-state index contributed by atoms with van der Waals surface area (Å²) in [6.45, 7) is 2.52. The number of pyridine rings is 1. The summed E-state index contributed by atoms with van der Waals surface area (Å²) in [5.41, 5.74) is 3.17. The van der Waals surface area contributed by atoms with Gasteiger partial charge in [-0.1, -0.05) is 24.3 Å². The molecule has 5 heteroatoms. The lowest BCUT2D eigenvalue weighted by molar-refractivity contribution is -0.126. The van der Waals surface area contributed by atoms with Crippen molar-refractivity contribution < 1.29 is 9.59 Å². The standard InChI is InChI=1S/C20H21N3O2/c1-13-9-15-6-2-3-7-18(15)23(13)20(25)17-10-16(17)19(24)22-12-14-5-4-8-21-11-14/h2-8,11,13,16-17H,9-10,12H2,1H3,(H,22,24). The Morgan fingerprint density at radius 1 is 1.20 bits per heavy atom. The number of anilines is 1. The highest BCUT2D eigenvalue weighted by molar-refractivity contribution is 6.02. The predicted molar refractivity (Wildman–Crippen MR) is 94.8 cm³/mol. The van der Waals surface area contributed by atoms with E-state index in [2.05, 4.69) is 23.3 Å². The average molecular weight is 335 g/mol. The van der Waals surface area contributed by atoms with Crippen LogP contribution in [0, 0.1) is 11.8 Å². The summed E-state index contributed by atoms with van der Waals surface area (Å²) < 4.78 is 0. The van der Waals surface area contributed by atoms with Crippen molar-refractivity contribution in [2.75, 3.05) is 4.90 Å². The zero-order chi connectivity index (χ0) is 17.4. The van der Waals surface area contributed by atoms with Crippen LogP contribution in [0.1, 0.15) is 24.5 Å². The number of nitrogens with zero attached hydrogens (tertiary/aromatic N) is 2. The van der Waals surface area contributed by atoms with Crippen molar-refractivity contribution in [2.24, 2.45) is 11.8 Å². The van der Waals surface area contributed by atoms with Gasteiger partial charge in [-0.25, -0.2) is 0 Å². The summed E-state index contributed by atoms with van der Waals surface area (Å²) >= 11 is 0. The van der Waals surface area contributed by atoms with Gasteiger partial charge in [0.15, 0.2) is 0 Å². The molecule has 1 N–H and O–H groups in total. The molecular weight excluding hydrogens is 314 g/mol. The van der Waals surface area contributed by atoms with Crippen LogP contribution in [-0.4, -0.2) is 22.8 Å². The third-order valence-electron chi connectivity index (χ3n) is 5.08. The summed E-state index contributed by atoms with van der Waals surface area (Å²) in [7, 11) is 0. The molecule has 1 fully saturated rings. The summed E-state index contributed by atoms with van der Waals surface area (Å²) in [4.78, 5) is 31.2. The van der Waals surface area contributed by atoms with Gasteiger partial charge in [0.1, 0.15) is 0 Å². The fraction of sp³-hybridized carbons (Fsp3) is 0.350.